The quantitative estimate of drug-likeness (QED) is 0.378. The smallest absolute Gasteiger partial charge is 0.0831 e. The highest BCUT2D eigenvalue weighted by molar-refractivity contribution is 9.10. The van der Waals surface area contributed by atoms with E-state index in [1.807, 2.05) is 24.3 Å². The van der Waals surface area contributed by atoms with Crippen LogP contribution in [0.1, 0.15) is 23.6 Å². The van der Waals surface area contributed by atoms with E-state index in [9.17, 15) is 0 Å². The van der Waals surface area contributed by atoms with Crippen molar-refractivity contribution in [3.8, 4) is 0 Å². The minimum absolute atomic E-state index is 0.145. The third kappa shape index (κ3) is 3.73. The maximum absolute atomic E-state index is 6.08. The van der Waals surface area contributed by atoms with Crippen molar-refractivity contribution in [2.75, 3.05) is 5.01 Å². The maximum Gasteiger partial charge on any atom is 0.0831 e. The highest BCUT2D eigenvalue weighted by Gasteiger charge is 2.29. The molecule has 1 aliphatic rings. The van der Waals surface area contributed by atoms with Gasteiger partial charge in [0.1, 0.15) is 0 Å². The first-order valence-corrected chi connectivity index (χ1v) is 10.2. The molecule has 0 saturated heterocycles. The average molecular weight is 491 g/mol. The summed E-state index contributed by atoms with van der Waals surface area (Å²) in [7, 11) is 0. The fraction of sp³-hybridized carbons (Fsp3) is 0.0952. The van der Waals surface area contributed by atoms with Gasteiger partial charge in [0, 0.05) is 20.4 Å². The van der Waals surface area contributed by atoms with E-state index in [0.29, 0.717) is 0 Å². The molecule has 26 heavy (non-hydrogen) atoms. The van der Waals surface area contributed by atoms with Crippen LogP contribution in [0.3, 0.4) is 0 Å². The van der Waals surface area contributed by atoms with Crippen LogP contribution in [-0.4, -0.2) is 5.71 Å². The van der Waals surface area contributed by atoms with E-state index >= 15 is 0 Å². The molecule has 0 fully saturated rings. The van der Waals surface area contributed by atoms with Crippen LogP contribution in [0.4, 0.5) is 5.69 Å². The minimum Gasteiger partial charge on any atom is -0.257 e. The average Bonchev–Trinajstić information content (AvgIpc) is 3.09. The Balaban J connectivity index is 1.74. The molecule has 5 heteroatoms. The Hall–Kier alpha value is -1.62. The maximum atomic E-state index is 6.08. The molecule has 0 bridgehead atoms. The third-order valence-corrected chi connectivity index (χ3v) is 5.74. The van der Waals surface area contributed by atoms with E-state index in [1.54, 1.807) is 0 Å². The first kappa shape index (κ1) is 17.8. The van der Waals surface area contributed by atoms with Crippen LogP contribution in [-0.2, 0) is 0 Å². The van der Waals surface area contributed by atoms with E-state index in [4.69, 9.17) is 16.7 Å². The summed E-state index contributed by atoms with van der Waals surface area (Å²) in [6, 6.07) is 24.8. The minimum atomic E-state index is 0.145. The van der Waals surface area contributed by atoms with Crippen molar-refractivity contribution in [1.29, 1.82) is 0 Å². The summed E-state index contributed by atoms with van der Waals surface area (Å²) in [6.45, 7) is 0. The third-order valence-electron chi connectivity index (χ3n) is 4.43. The second kappa shape index (κ2) is 7.55. The Kier molecular flexibility index (Phi) is 5.16. The Morgan fingerprint density at radius 3 is 2.00 bits per heavy atom. The second-order valence-corrected chi connectivity index (χ2v) is 8.41. The molecule has 0 spiro atoms. The van der Waals surface area contributed by atoms with Gasteiger partial charge in [-0.3, -0.25) is 5.01 Å². The lowest BCUT2D eigenvalue weighted by molar-refractivity contribution is 0.709. The largest absolute Gasteiger partial charge is 0.257 e. The Labute approximate surface area is 174 Å². The summed E-state index contributed by atoms with van der Waals surface area (Å²) in [6.07, 6.45) is 0.847. The standard InChI is InChI=1S/C21H15Br2ClN2/c22-16-5-1-14(2-6-16)20-13-21(15-3-9-18(24)10-4-15)26(25-20)19-11-7-17(23)8-12-19/h1-12,21H,13H2/t21-/m1/s1. The molecule has 0 amide bonds. The number of hydrogen-bond donors (Lipinski definition) is 0. The number of hydrazone groups is 1. The number of hydrogen-bond acceptors (Lipinski definition) is 2. The lowest BCUT2D eigenvalue weighted by atomic mass is 9.98. The predicted molar refractivity (Wildman–Crippen MR) is 116 cm³/mol. The number of nitrogens with zero attached hydrogens (tertiary/aromatic N) is 2. The molecule has 0 aromatic heterocycles. The highest BCUT2D eigenvalue weighted by atomic mass is 79.9. The van der Waals surface area contributed by atoms with E-state index in [-0.39, 0.29) is 6.04 Å². The normalized spacial score (nSPS) is 16.7. The summed E-state index contributed by atoms with van der Waals surface area (Å²) in [5, 5.41) is 7.81. The van der Waals surface area contributed by atoms with Gasteiger partial charge in [-0.2, -0.15) is 5.10 Å². The molecule has 0 aliphatic carbocycles. The van der Waals surface area contributed by atoms with E-state index in [2.05, 4.69) is 85.4 Å². The number of benzene rings is 3. The molecule has 2 nitrogen and oxygen atoms in total. The summed E-state index contributed by atoms with van der Waals surface area (Å²) in [4.78, 5) is 0. The van der Waals surface area contributed by atoms with Crippen LogP contribution in [0.5, 0.6) is 0 Å². The van der Waals surface area contributed by atoms with Crippen LogP contribution in [0, 0.1) is 0 Å². The Morgan fingerprint density at radius 2 is 1.38 bits per heavy atom. The molecule has 1 heterocycles. The monoisotopic (exact) mass is 488 g/mol. The molecule has 1 aliphatic heterocycles. The first-order chi connectivity index (χ1) is 12.6. The Morgan fingerprint density at radius 1 is 0.808 bits per heavy atom. The zero-order valence-electron chi connectivity index (χ0n) is 13.7. The fourth-order valence-corrected chi connectivity index (χ4v) is 3.76. The van der Waals surface area contributed by atoms with Crippen molar-refractivity contribution < 1.29 is 0 Å². The van der Waals surface area contributed by atoms with Crippen molar-refractivity contribution in [2.45, 2.75) is 12.5 Å². The van der Waals surface area contributed by atoms with Gasteiger partial charge in [-0.1, -0.05) is 67.7 Å². The second-order valence-electron chi connectivity index (χ2n) is 6.15. The van der Waals surface area contributed by atoms with Crippen molar-refractivity contribution in [2.24, 2.45) is 5.10 Å². The molecule has 3 aromatic carbocycles. The van der Waals surface area contributed by atoms with Gasteiger partial charge in [-0.15, -0.1) is 0 Å². The van der Waals surface area contributed by atoms with E-state index in [0.717, 1.165) is 37.4 Å². The van der Waals surface area contributed by atoms with Crippen LogP contribution in [0.15, 0.2) is 86.8 Å². The summed E-state index contributed by atoms with van der Waals surface area (Å²) in [5.74, 6) is 0. The van der Waals surface area contributed by atoms with Gasteiger partial charge in [0.05, 0.1) is 17.4 Å². The predicted octanol–water partition coefficient (Wildman–Crippen LogP) is 7.22. The summed E-state index contributed by atoms with van der Waals surface area (Å²) in [5.41, 5.74) is 4.50. The van der Waals surface area contributed by atoms with Gasteiger partial charge in [0.25, 0.3) is 0 Å². The van der Waals surface area contributed by atoms with Crippen LogP contribution in [0.2, 0.25) is 5.02 Å². The molecule has 0 radical (unpaired) electrons. The van der Waals surface area contributed by atoms with E-state index < -0.39 is 0 Å². The lowest BCUT2D eigenvalue weighted by Gasteiger charge is -2.24. The highest BCUT2D eigenvalue weighted by Crippen LogP contribution is 2.37. The fourth-order valence-electron chi connectivity index (χ4n) is 3.10. The topological polar surface area (TPSA) is 15.6 Å². The molecule has 0 unspecified atom stereocenters. The van der Waals surface area contributed by atoms with Gasteiger partial charge in [-0.05, 0) is 59.7 Å². The zero-order valence-corrected chi connectivity index (χ0v) is 17.7. The van der Waals surface area contributed by atoms with Gasteiger partial charge in [0.2, 0.25) is 0 Å². The van der Waals surface area contributed by atoms with Gasteiger partial charge in [-0.25, -0.2) is 0 Å². The molecule has 0 saturated carbocycles. The summed E-state index contributed by atoms with van der Waals surface area (Å²) < 4.78 is 2.12. The molecule has 4 rings (SSSR count). The van der Waals surface area contributed by atoms with Gasteiger partial charge in [0.15, 0.2) is 0 Å². The van der Waals surface area contributed by atoms with E-state index in [1.165, 1.54) is 5.56 Å². The molecular formula is C21H15Br2ClN2. The lowest BCUT2D eigenvalue weighted by Crippen LogP contribution is -2.18. The van der Waals surface area contributed by atoms with Crippen LogP contribution in [0.25, 0.3) is 0 Å². The van der Waals surface area contributed by atoms with Crippen LogP contribution >= 0.6 is 43.5 Å². The molecule has 0 N–H and O–H groups in total. The zero-order chi connectivity index (χ0) is 18.1. The van der Waals surface area contributed by atoms with Crippen molar-refractivity contribution in [3.63, 3.8) is 0 Å². The molecular weight excluding hydrogens is 476 g/mol. The molecule has 3 aromatic rings. The van der Waals surface area contributed by atoms with Crippen molar-refractivity contribution >= 4 is 54.9 Å². The van der Waals surface area contributed by atoms with Gasteiger partial charge >= 0.3 is 0 Å². The first-order valence-electron chi connectivity index (χ1n) is 8.24. The molecule has 130 valence electrons. The van der Waals surface area contributed by atoms with Crippen molar-refractivity contribution in [1.82, 2.24) is 0 Å². The SMILES string of the molecule is Clc1ccc([C@H]2CC(c3ccc(Br)cc3)=NN2c2ccc(Br)cc2)cc1. The molecule has 1 atom stereocenters. The van der Waals surface area contributed by atoms with Crippen molar-refractivity contribution in [3.05, 3.63) is 97.9 Å². The number of anilines is 1. The number of halogens is 3. The Bertz CT molecular complexity index is 935. The number of rotatable bonds is 3. The van der Waals surface area contributed by atoms with Gasteiger partial charge < -0.3 is 0 Å². The summed E-state index contributed by atoms with van der Waals surface area (Å²) >= 11 is 13.1. The van der Waals surface area contributed by atoms with Crippen LogP contribution < -0.4 is 5.01 Å².